The zero-order valence-corrected chi connectivity index (χ0v) is 15.9. The van der Waals surface area contributed by atoms with Gasteiger partial charge in [-0.15, -0.1) is 0 Å². The van der Waals surface area contributed by atoms with E-state index in [-0.39, 0.29) is 0 Å². The Kier molecular flexibility index (Phi) is 5.11. The molecule has 1 aliphatic carbocycles. The van der Waals surface area contributed by atoms with Gasteiger partial charge in [0.25, 0.3) is 0 Å². The van der Waals surface area contributed by atoms with E-state index in [1.165, 1.54) is 35.6 Å². The van der Waals surface area contributed by atoms with E-state index < -0.39 is 0 Å². The third-order valence-corrected chi connectivity index (χ3v) is 5.77. The summed E-state index contributed by atoms with van der Waals surface area (Å²) in [5.41, 5.74) is 1.39. The Morgan fingerprint density at radius 2 is 1.96 bits per heavy atom. The van der Waals surface area contributed by atoms with Crippen LogP contribution in [0.15, 0.2) is 47.5 Å². The van der Waals surface area contributed by atoms with Gasteiger partial charge in [-0.2, -0.15) is 0 Å². The molecule has 0 bridgehead atoms. The highest BCUT2D eigenvalue weighted by Gasteiger charge is 2.38. The summed E-state index contributed by atoms with van der Waals surface area (Å²) < 4.78 is 0. The molecule has 26 heavy (non-hydrogen) atoms. The van der Waals surface area contributed by atoms with Crippen molar-refractivity contribution in [3.05, 3.63) is 48.0 Å². The molecule has 0 aromatic heterocycles. The SMILES string of the molecule is CN=C(NCCc1cccc2ccccc12)NC1CC(C)N(C2CC2)C1. The van der Waals surface area contributed by atoms with Crippen molar-refractivity contribution in [3.63, 3.8) is 0 Å². The number of benzene rings is 2. The minimum Gasteiger partial charge on any atom is -0.356 e. The summed E-state index contributed by atoms with van der Waals surface area (Å²) in [6.07, 6.45) is 4.97. The number of hydrogen-bond acceptors (Lipinski definition) is 2. The molecule has 2 unspecified atom stereocenters. The van der Waals surface area contributed by atoms with Crippen LogP contribution in [0.25, 0.3) is 10.8 Å². The highest BCUT2D eigenvalue weighted by atomic mass is 15.3. The molecule has 2 aliphatic rings. The standard InChI is InChI=1S/C22H30N4/c1-16-14-19(15-26(16)20-10-11-20)25-22(23-2)24-13-12-18-8-5-7-17-6-3-4-9-21(17)18/h3-9,16,19-20H,10-15H2,1-2H3,(H2,23,24,25). The van der Waals surface area contributed by atoms with Gasteiger partial charge in [-0.25, -0.2) is 0 Å². The lowest BCUT2D eigenvalue weighted by Gasteiger charge is -2.20. The molecular formula is C22H30N4. The summed E-state index contributed by atoms with van der Waals surface area (Å²) in [6, 6.07) is 17.2. The summed E-state index contributed by atoms with van der Waals surface area (Å²) in [6.45, 7) is 4.40. The van der Waals surface area contributed by atoms with Gasteiger partial charge in [0.1, 0.15) is 0 Å². The van der Waals surface area contributed by atoms with E-state index in [1.54, 1.807) is 0 Å². The minimum absolute atomic E-state index is 0.509. The fourth-order valence-electron chi connectivity index (χ4n) is 4.29. The Morgan fingerprint density at radius 1 is 1.15 bits per heavy atom. The molecule has 2 aromatic rings. The minimum atomic E-state index is 0.509. The van der Waals surface area contributed by atoms with Gasteiger partial charge >= 0.3 is 0 Å². The maximum atomic E-state index is 4.43. The molecule has 2 N–H and O–H groups in total. The van der Waals surface area contributed by atoms with Crippen LogP contribution >= 0.6 is 0 Å². The Bertz CT molecular complexity index is 775. The van der Waals surface area contributed by atoms with Gasteiger partial charge in [0.15, 0.2) is 5.96 Å². The predicted octanol–water partition coefficient (Wildman–Crippen LogP) is 3.17. The number of aliphatic imine (C=N–C) groups is 1. The first kappa shape index (κ1) is 17.3. The second-order valence-corrected chi connectivity index (χ2v) is 7.74. The molecule has 1 heterocycles. The normalized spacial score (nSPS) is 24.2. The third-order valence-electron chi connectivity index (χ3n) is 5.77. The summed E-state index contributed by atoms with van der Waals surface area (Å²) in [5.74, 6) is 0.931. The lowest BCUT2D eigenvalue weighted by Crippen LogP contribution is -2.45. The second kappa shape index (κ2) is 7.67. The van der Waals surface area contributed by atoms with Crippen molar-refractivity contribution in [2.24, 2.45) is 4.99 Å². The second-order valence-electron chi connectivity index (χ2n) is 7.74. The zero-order chi connectivity index (χ0) is 17.9. The molecular weight excluding hydrogens is 320 g/mol. The number of hydrogen-bond donors (Lipinski definition) is 2. The Morgan fingerprint density at radius 3 is 2.77 bits per heavy atom. The molecule has 4 heteroatoms. The molecule has 1 saturated heterocycles. The fraction of sp³-hybridized carbons (Fsp3) is 0.500. The molecule has 4 rings (SSSR count). The van der Waals surface area contributed by atoms with E-state index >= 15 is 0 Å². The molecule has 138 valence electrons. The highest BCUT2D eigenvalue weighted by Crippen LogP contribution is 2.33. The smallest absolute Gasteiger partial charge is 0.191 e. The fourth-order valence-corrected chi connectivity index (χ4v) is 4.29. The summed E-state index contributed by atoms with van der Waals surface area (Å²) in [7, 11) is 1.87. The van der Waals surface area contributed by atoms with E-state index in [1.807, 2.05) is 7.05 Å². The van der Waals surface area contributed by atoms with Crippen LogP contribution in [0.5, 0.6) is 0 Å². The van der Waals surface area contributed by atoms with Crippen LogP contribution in [-0.4, -0.2) is 49.1 Å². The molecule has 0 radical (unpaired) electrons. The van der Waals surface area contributed by atoms with Crippen LogP contribution in [0, 0.1) is 0 Å². The van der Waals surface area contributed by atoms with Crippen molar-refractivity contribution in [1.82, 2.24) is 15.5 Å². The number of nitrogens with one attached hydrogen (secondary N) is 2. The van der Waals surface area contributed by atoms with Gasteiger partial charge in [-0.05, 0) is 48.9 Å². The quantitative estimate of drug-likeness (QED) is 0.643. The summed E-state index contributed by atoms with van der Waals surface area (Å²) >= 11 is 0. The summed E-state index contributed by atoms with van der Waals surface area (Å²) in [5, 5.41) is 9.80. The van der Waals surface area contributed by atoms with E-state index in [2.05, 4.69) is 69.9 Å². The van der Waals surface area contributed by atoms with E-state index in [9.17, 15) is 0 Å². The van der Waals surface area contributed by atoms with Crippen molar-refractivity contribution < 1.29 is 0 Å². The largest absolute Gasteiger partial charge is 0.356 e. The molecule has 0 spiro atoms. The van der Waals surface area contributed by atoms with Gasteiger partial charge in [0, 0.05) is 38.3 Å². The zero-order valence-electron chi connectivity index (χ0n) is 15.9. The van der Waals surface area contributed by atoms with E-state index in [0.717, 1.165) is 31.5 Å². The van der Waals surface area contributed by atoms with Gasteiger partial charge in [0.05, 0.1) is 0 Å². The lowest BCUT2D eigenvalue weighted by molar-refractivity contribution is 0.256. The maximum Gasteiger partial charge on any atom is 0.191 e. The molecule has 4 nitrogen and oxygen atoms in total. The first-order chi connectivity index (χ1) is 12.7. The van der Waals surface area contributed by atoms with Crippen LogP contribution in [0.3, 0.4) is 0 Å². The van der Waals surface area contributed by atoms with E-state index in [4.69, 9.17) is 0 Å². The number of guanidine groups is 1. The molecule has 2 atom stereocenters. The van der Waals surface area contributed by atoms with Gasteiger partial charge in [-0.1, -0.05) is 42.5 Å². The Balaban J connectivity index is 1.30. The molecule has 1 aliphatic heterocycles. The van der Waals surface area contributed by atoms with Gasteiger partial charge in [0.2, 0.25) is 0 Å². The first-order valence-corrected chi connectivity index (χ1v) is 9.94. The average Bonchev–Trinajstić information content (AvgIpc) is 3.44. The average molecular weight is 351 g/mol. The number of nitrogens with zero attached hydrogens (tertiary/aromatic N) is 2. The topological polar surface area (TPSA) is 39.7 Å². The Hall–Kier alpha value is -2.07. The Labute approximate surface area is 156 Å². The molecule has 0 amide bonds. The van der Waals surface area contributed by atoms with Crippen LogP contribution in [-0.2, 0) is 6.42 Å². The van der Waals surface area contributed by atoms with Crippen LogP contribution in [0.2, 0.25) is 0 Å². The maximum absolute atomic E-state index is 4.43. The third kappa shape index (κ3) is 3.85. The van der Waals surface area contributed by atoms with Gasteiger partial charge < -0.3 is 10.6 Å². The molecule has 1 saturated carbocycles. The summed E-state index contributed by atoms with van der Waals surface area (Å²) in [4.78, 5) is 7.10. The lowest BCUT2D eigenvalue weighted by atomic mass is 10.0. The van der Waals surface area contributed by atoms with Crippen molar-refractivity contribution in [2.45, 2.75) is 50.7 Å². The van der Waals surface area contributed by atoms with Crippen molar-refractivity contribution >= 4 is 16.7 Å². The highest BCUT2D eigenvalue weighted by molar-refractivity contribution is 5.85. The molecule has 2 aromatic carbocycles. The monoisotopic (exact) mass is 350 g/mol. The van der Waals surface area contributed by atoms with Crippen LogP contribution in [0.4, 0.5) is 0 Å². The van der Waals surface area contributed by atoms with Crippen molar-refractivity contribution in [2.75, 3.05) is 20.1 Å². The van der Waals surface area contributed by atoms with Crippen molar-refractivity contribution in [3.8, 4) is 0 Å². The van der Waals surface area contributed by atoms with E-state index in [0.29, 0.717) is 12.1 Å². The molecule has 2 fully saturated rings. The number of fused-ring (bicyclic) bond motifs is 1. The number of likely N-dealkylation sites (tertiary alicyclic amines) is 1. The first-order valence-electron chi connectivity index (χ1n) is 9.94. The van der Waals surface area contributed by atoms with Crippen LogP contribution in [0.1, 0.15) is 31.7 Å². The van der Waals surface area contributed by atoms with Crippen LogP contribution < -0.4 is 10.6 Å². The van der Waals surface area contributed by atoms with Crippen molar-refractivity contribution in [1.29, 1.82) is 0 Å². The predicted molar refractivity (Wildman–Crippen MR) is 110 cm³/mol. The van der Waals surface area contributed by atoms with Gasteiger partial charge in [-0.3, -0.25) is 9.89 Å². The number of rotatable bonds is 5.